The summed E-state index contributed by atoms with van der Waals surface area (Å²) in [7, 11) is 0. The maximum atomic E-state index is 12.2. The molecular weight excluding hydrogens is 352 g/mol. The highest BCUT2D eigenvalue weighted by Crippen LogP contribution is 2.26. The smallest absolute Gasteiger partial charge is 0.230 e. The summed E-state index contributed by atoms with van der Waals surface area (Å²) in [5, 5.41) is 9.90. The Morgan fingerprint density at radius 2 is 2.08 bits per heavy atom. The number of hydrogen-bond donors (Lipinski definition) is 1. The van der Waals surface area contributed by atoms with Crippen LogP contribution in [0.15, 0.2) is 40.5 Å². The summed E-state index contributed by atoms with van der Waals surface area (Å²) in [6, 6.07) is 5.93. The number of amides is 1. The van der Waals surface area contributed by atoms with Gasteiger partial charge in [0.15, 0.2) is 0 Å². The topological polar surface area (TPSA) is 58.1 Å². The first-order chi connectivity index (χ1) is 12.3. The van der Waals surface area contributed by atoms with E-state index in [1.807, 2.05) is 29.0 Å². The Balaban J connectivity index is 1.35. The maximum Gasteiger partial charge on any atom is 0.230 e. The van der Waals surface area contributed by atoms with Gasteiger partial charge in [-0.1, -0.05) is 0 Å². The quantitative estimate of drug-likeness (QED) is 0.736. The van der Waals surface area contributed by atoms with E-state index in [1.54, 1.807) is 28.9 Å². The number of anilines is 2. The van der Waals surface area contributed by atoms with Gasteiger partial charge in [0.1, 0.15) is 10.8 Å². The van der Waals surface area contributed by atoms with Gasteiger partial charge < -0.3 is 10.2 Å². The number of nitrogens with zero attached hydrogens (tertiary/aromatic N) is 3. The van der Waals surface area contributed by atoms with Crippen molar-refractivity contribution in [2.45, 2.75) is 19.3 Å². The Morgan fingerprint density at radius 3 is 2.80 bits per heavy atom. The van der Waals surface area contributed by atoms with Crippen LogP contribution < -0.4 is 10.2 Å². The minimum atomic E-state index is -0.0714. The van der Waals surface area contributed by atoms with E-state index in [9.17, 15) is 4.79 Å². The number of hydrogen-bond acceptors (Lipinski definition) is 6. The average molecular weight is 371 g/mol. The molecule has 7 heteroatoms. The van der Waals surface area contributed by atoms with Crippen molar-refractivity contribution in [1.29, 1.82) is 0 Å². The third-order valence-corrected chi connectivity index (χ3v) is 5.75. The van der Waals surface area contributed by atoms with Crippen LogP contribution >= 0.6 is 22.7 Å². The molecule has 0 saturated carbocycles. The fourth-order valence-corrected chi connectivity index (χ4v) is 4.40. The highest BCUT2D eigenvalue weighted by atomic mass is 32.1. The molecular formula is C18H18N4OS2. The van der Waals surface area contributed by atoms with Crippen LogP contribution in [0, 0.1) is 0 Å². The Morgan fingerprint density at radius 1 is 1.20 bits per heavy atom. The molecule has 0 aromatic carbocycles. The molecule has 0 bridgehead atoms. The first-order valence-electron chi connectivity index (χ1n) is 8.26. The maximum absolute atomic E-state index is 12.2. The molecule has 128 valence electrons. The summed E-state index contributed by atoms with van der Waals surface area (Å²) in [6.07, 6.45) is 4.44. The number of thiophene rings is 1. The molecule has 0 radical (unpaired) electrons. The van der Waals surface area contributed by atoms with Crippen molar-refractivity contribution in [3.63, 3.8) is 0 Å². The average Bonchev–Trinajstić information content (AvgIpc) is 3.37. The van der Waals surface area contributed by atoms with Crippen LogP contribution in [0.2, 0.25) is 0 Å². The van der Waals surface area contributed by atoms with Gasteiger partial charge in [-0.3, -0.25) is 4.79 Å². The largest absolute Gasteiger partial charge is 0.357 e. The van der Waals surface area contributed by atoms with E-state index < -0.39 is 0 Å². The highest BCUT2D eigenvalue weighted by molar-refractivity contribution is 7.14. The van der Waals surface area contributed by atoms with Gasteiger partial charge in [-0.25, -0.2) is 9.97 Å². The lowest BCUT2D eigenvalue weighted by molar-refractivity contribution is -0.115. The van der Waals surface area contributed by atoms with Gasteiger partial charge in [0, 0.05) is 29.4 Å². The molecule has 1 N–H and O–H groups in total. The molecule has 1 aliphatic rings. The van der Waals surface area contributed by atoms with Gasteiger partial charge in [-0.05, 0) is 36.4 Å². The molecule has 3 aromatic rings. The number of carbonyl (C=O) groups is 1. The molecule has 1 aliphatic heterocycles. The van der Waals surface area contributed by atoms with Crippen LogP contribution in [0.5, 0.6) is 0 Å². The zero-order valence-corrected chi connectivity index (χ0v) is 15.3. The van der Waals surface area contributed by atoms with E-state index in [4.69, 9.17) is 0 Å². The van der Waals surface area contributed by atoms with E-state index in [2.05, 4.69) is 25.6 Å². The minimum absolute atomic E-state index is 0.0714. The number of pyridine rings is 1. The Hall–Kier alpha value is -2.25. The fraction of sp³-hybridized carbons (Fsp3) is 0.278. The van der Waals surface area contributed by atoms with Gasteiger partial charge in [0.25, 0.3) is 0 Å². The van der Waals surface area contributed by atoms with E-state index in [-0.39, 0.29) is 12.3 Å². The van der Waals surface area contributed by atoms with Crippen LogP contribution in [-0.2, 0) is 11.2 Å². The first kappa shape index (κ1) is 16.2. The first-order valence-corrected chi connectivity index (χ1v) is 10.1. The zero-order chi connectivity index (χ0) is 17.1. The second-order valence-corrected chi connectivity index (χ2v) is 7.62. The SMILES string of the molecule is O=C(Cc1csc(-c2ccsc2)n1)Nc1ccc(N2CCCC2)nc1. The van der Waals surface area contributed by atoms with Crippen LogP contribution in [0.4, 0.5) is 11.5 Å². The fourth-order valence-electron chi connectivity index (χ4n) is 2.87. The van der Waals surface area contributed by atoms with Crippen molar-refractivity contribution in [1.82, 2.24) is 9.97 Å². The summed E-state index contributed by atoms with van der Waals surface area (Å²) in [5.74, 6) is 0.910. The number of nitrogens with one attached hydrogen (secondary N) is 1. The van der Waals surface area contributed by atoms with E-state index >= 15 is 0 Å². The molecule has 0 aliphatic carbocycles. The Kier molecular flexibility index (Phi) is 4.76. The van der Waals surface area contributed by atoms with Gasteiger partial charge in [-0.2, -0.15) is 11.3 Å². The molecule has 4 rings (SSSR count). The van der Waals surface area contributed by atoms with Gasteiger partial charge in [-0.15, -0.1) is 11.3 Å². The van der Waals surface area contributed by atoms with Crippen molar-refractivity contribution in [3.05, 3.63) is 46.2 Å². The Bertz CT molecular complexity index is 836. The molecule has 5 nitrogen and oxygen atoms in total. The van der Waals surface area contributed by atoms with E-state index in [1.165, 1.54) is 12.8 Å². The van der Waals surface area contributed by atoms with Crippen molar-refractivity contribution < 1.29 is 4.79 Å². The number of carbonyl (C=O) groups excluding carboxylic acids is 1. The molecule has 0 atom stereocenters. The van der Waals surface area contributed by atoms with Crippen LogP contribution in [0.25, 0.3) is 10.6 Å². The summed E-state index contributed by atoms with van der Waals surface area (Å²) < 4.78 is 0. The van der Waals surface area contributed by atoms with Crippen molar-refractivity contribution >= 4 is 40.1 Å². The lowest BCUT2D eigenvalue weighted by atomic mass is 10.3. The van der Waals surface area contributed by atoms with Crippen molar-refractivity contribution in [3.8, 4) is 10.6 Å². The van der Waals surface area contributed by atoms with E-state index in [0.717, 1.165) is 40.9 Å². The lowest BCUT2D eigenvalue weighted by Crippen LogP contribution is -2.19. The van der Waals surface area contributed by atoms with Gasteiger partial charge in [0.2, 0.25) is 5.91 Å². The summed E-state index contributed by atoms with van der Waals surface area (Å²) in [6.45, 7) is 2.13. The summed E-state index contributed by atoms with van der Waals surface area (Å²) >= 11 is 3.22. The predicted octanol–water partition coefficient (Wildman–Crippen LogP) is 4.05. The molecule has 1 saturated heterocycles. The van der Waals surface area contributed by atoms with Crippen LogP contribution in [0.1, 0.15) is 18.5 Å². The standard InChI is InChI=1S/C18H18N4OS2/c23-17(9-15-12-25-18(21-15)13-5-8-24-11-13)20-14-3-4-16(19-10-14)22-6-1-2-7-22/h3-5,8,10-12H,1-2,6-7,9H2,(H,20,23). The van der Waals surface area contributed by atoms with Crippen LogP contribution in [-0.4, -0.2) is 29.0 Å². The molecule has 0 unspecified atom stereocenters. The normalized spacial score (nSPS) is 14.0. The molecule has 25 heavy (non-hydrogen) atoms. The molecule has 1 amide bonds. The predicted molar refractivity (Wildman–Crippen MR) is 103 cm³/mol. The summed E-state index contributed by atoms with van der Waals surface area (Å²) in [5.41, 5.74) is 2.63. The highest BCUT2D eigenvalue weighted by Gasteiger charge is 2.14. The molecule has 0 spiro atoms. The number of thiazole rings is 1. The molecule has 4 heterocycles. The molecule has 3 aromatic heterocycles. The van der Waals surface area contributed by atoms with Gasteiger partial charge >= 0.3 is 0 Å². The van der Waals surface area contributed by atoms with Gasteiger partial charge in [0.05, 0.1) is 24.0 Å². The van der Waals surface area contributed by atoms with Crippen LogP contribution in [0.3, 0.4) is 0 Å². The second kappa shape index (κ2) is 7.33. The molecule has 1 fully saturated rings. The monoisotopic (exact) mass is 370 g/mol. The Labute approximate surface area is 154 Å². The second-order valence-electron chi connectivity index (χ2n) is 5.98. The van der Waals surface area contributed by atoms with Crippen molar-refractivity contribution in [2.24, 2.45) is 0 Å². The minimum Gasteiger partial charge on any atom is -0.357 e. The lowest BCUT2D eigenvalue weighted by Gasteiger charge is -2.16. The van der Waals surface area contributed by atoms with E-state index in [0.29, 0.717) is 0 Å². The number of rotatable bonds is 5. The number of aromatic nitrogens is 2. The third-order valence-electron chi connectivity index (χ3n) is 4.12. The zero-order valence-electron chi connectivity index (χ0n) is 13.6. The third kappa shape index (κ3) is 3.88. The van der Waals surface area contributed by atoms with Crippen molar-refractivity contribution in [2.75, 3.05) is 23.3 Å². The summed E-state index contributed by atoms with van der Waals surface area (Å²) in [4.78, 5) is 23.5.